The third-order valence-corrected chi connectivity index (χ3v) is 5.01. The molecule has 0 aromatic rings. The minimum atomic E-state index is 0. The lowest BCUT2D eigenvalue weighted by Gasteiger charge is -2.60. The molecule has 1 amide bonds. The molecule has 2 heterocycles. The lowest BCUT2D eigenvalue weighted by atomic mass is 9.55. The van der Waals surface area contributed by atoms with Crippen LogP contribution in [0.2, 0.25) is 0 Å². The van der Waals surface area contributed by atoms with Gasteiger partial charge in [-0.3, -0.25) is 4.79 Å². The van der Waals surface area contributed by atoms with Crippen LogP contribution in [0.1, 0.15) is 39.5 Å². The Hall–Kier alpha value is -0.320. The van der Waals surface area contributed by atoms with Crippen LogP contribution in [0, 0.1) is 11.3 Å². The summed E-state index contributed by atoms with van der Waals surface area (Å²) >= 11 is 0. The maximum absolute atomic E-state index is 12.2. The largest absolute Gasteiger partial charge is 0.377 e. The number of ether oxygens (including phenoxy) is 1. The van der Waals surface area contributed by atoms with Crippen LogP contribution in [0.25, 0.3) is 0 Å². The monoisotopic (exact) mass is 288 g/mol. The van der Waals surface area contributed by atoms with E-state index in [4.69, 9.17) is 4.74 Å². The second-order valence-electron chi connectivity index (χ2n) is 6.55. The Morgan fingerprint density at radius 3 is 2.79 bits per heavy atom. The van der Waals surface area contributed by atoms with E-state index in [-0.39, 0.29) is 35.8 Å². The molecule has 0 aromatic heterocycles. The average Bonchev–Trinajstić information content (AvgIpc) is 2.89. The summed E-state index contributed by atoms with van der Waals surface area (Å²) < 4.78 is 5.86. The van der Waals surface area contributed by atoms with Gasteiger partial charge < -0.3 is 15.4 Å². The highest BCUT2D eigenvalue weighted by atomic mass is 35.5. The van der Waals surface area contributed by atoms with Crippen LogP contribution in [-0.2, 0) is 9.53 Å². The Labute approximate surface area is 121 Å². The number of nitrogens with one attached hydrogen (secondary N) is 2. The van der Waals surface area contributed by atoms with Gasteiger partial charge in [0.05, 0.1) is 12.1 Å². The second kappa shape index (κ2) is 5.58. The Kier molecular flexibility index (Phi) is 4.43. The number of rotatable bonds is 2. The predicted molar refractivity (Wildman–Crippen MR) is 76.4 cm³/mol. The van der Waals surface area contributed by atoms with Crippen molar-refractivity contribution < 1.29 is 9.53 Å². The Morgan fingerprint density at radius 1 is 1.32 bits per heavy atom. The van der Waals surface area contributed by atoms with Gasteiger partial charge in [0.25, 0.3) is 0 Å². The molecule has 0 aromatic carbocycles. The van der Waals surface area contributed by atoms with Gasteiger partial charge in [-0.05, 0) is 32.2 Å². The van der Waals surface area contributed by atoms with Gasteiger partial charge in [-0.1, -0.05) is 13.8 Å². The molecule has 4 nitrogen and oxygen atoms in total. The van der Waals surface area contributed by atoms with E-state index >= 15 is 0 Å². The summed E-state index contributed by atoms with van der Waals surface area (Å²) in [5.41, 5.74) is 0.0827. The summed E-state index contributed by atoms with van der Waals surface area (Å²) in [5.74, 6) is 0.716. The molecule has 4 unspecified atom stereocenters. The van der Waals surface area contributed by atoms with Gasteiger partial charge in [-0.15, -0.1) is 12.4 Å². The number of amides is 1. The third-order valence-electron chi connectivity index (χ3n) is 5.01. The summed E-state index contributed by atoms with van der Waals surface area (Å²) in [6.07, 6.45) is 4.75. The van der Waals surface area contributed by atoms with Crippen LogP contribution in [-0.4, -0.2) is 37.2 Å². The van der Waals surface area contributed by atoms with Crippen molar-refractivity contribution in [2.24, 2.45) is 11.3 Å². The first-order chi connectivity index (χ1) is 8.60. The van der Waals surface area contributed by atoms with Crippen molar-refractivity contribution in [3.05, 3.63) is 0 Å². The van der Waals surface area contributed by atoms with Crippen molar-refractivity contribution in [3.8, 4) is 0 Å². The van der Waals surface area contributed by atoms with E-state index in [0.717, 1.165) is 32.4 Å². The van der Waals surface area contributed by atoms with Gasteiger partial charge in [0.2, 0.25) is 5.91 Å². The first-order valence-corrected chi connectivity index (χ1v) is 7.26. The Bertz CT molecular complexity index is 342. The van der Waals surface area contributed by atoms with Crippen molar-refractivity contribution in [1.82, 2.24) is 10.6 Å². The second-order valence-corrected chi connectivity index (χ2v) is 6.55. The molecule has 1 saturated carbocycles. The number of halogens is 1. The topological polar surface area (TPSA) is 50.4 Å². The zero-order valence-corrected chi connectivity index (χ0v) is 12.6. The van der Waals surface area contributed by atoms with Crippen molar-refractivity contribution in [1.29, 1.82) is 0 Å². The first kappa shape index (κ1) is 15.1. The molecule has 2 N–H and O–H groups in total. The Morgan fingerprint density at radius 2 is 2.11 bits per heavy atom. The van der Waals surface area contributed by atoms with Gasteiger partial charge in [0.1, 0.15) is 0 Å². The standard InChI is InChI=1S/C14H24N2O2.ClH/c1-14(2)11(9-5-4-8-18-12(9)14)16-13(17)10-6-3-7-15-10;/h9-12,15H,3-8H2,1-2H3,(H,16,17);1H. The normalized spacial score (nSPS) is 39.7. The molecule has 3 fully saturated rings. The van der Waals surface area contributed by atoms with Crippen LogP contribution in [0.15, 0.2) is 0 Å². The first-order valence-electron chi connectivity index (χ1n) is 7.26. The van der Waals surface area contributed by atoms with E-state index in [2.05, 4.69) is 24.5 Å². The maximum atomic E-state index is 12.2. The van der Waals surface area contributed by atoms with Gasteiger partial charge in [-0.2, -0.15) is 0 Å². The molecule has 0 radical (unpaired) electrons. The molecular formula is C14H25ClN2O2. The zero-order chi connectivity index (χ0) is 12.8. The van der Waals surface area contributed by atoms with E-state index < -0.39 is 0 Å². The molecule has 2 aliphatic heterocycles. The average molecular weight is 289 g/mol. The molecule has 110 valence electrons. The van der Waals surface area contributed by atoms with Crippen molar-refractivity contribution in [3.63, 3.8) is 0 Å². The van der Waals surface area contributed by atoms with E-state index in [1.165, 1.54) is 6.42 Å². The van der Waals surface area contributed by atoms with Crippen LogP contribution >= 0.6 is 12.4 Å². The van der Waals surface area contributed by atoms with Gasteiger partial charge in [-0.25, -0.2) is 0 Å². The number of hydrogen-bond acceptors (Lipinski definition) is 3. The fourth-order valence-corrected chi connectivity index (χ4v) is 3.98. The smallest absolute Gasteiger partial charge is 0.237 e. The summed E-state index contributed by atoms with van der Waals surface area (Å²) in [6, 6.07) is 0.321. The minimum Gasteiger partial charge on any atom is -0.377 e. The lowest BCUT2D eigenvalue weighted by molar-refractivity contribution is -0.194. The highest BCUT2D eigenvalue weighted by Crippen LogP contribution is 2.51. The Balaban J connectivity index is 0.00000133. The maximum Gasteiger partial charge on any atom is 0.237 e. The number of carbonyl (C=O) groups excluding carboxylic acids is 1. The molecule has 4 atom stereocenters. The quantitative estimate of drug-likeness (QED) is 0.809. The number of fused-ring (bicyclic) bond motifs is 1. The molecule has 1 aliphatic carbocycles. The molecule has 5 heteroatoms. The van der Waals surface area contributed by atoms with Crippen LogP contribution in [0.5, 0.6) is 0 Å². The van der Waals surface area contributed by atoms with Crippen LogP contribution in [0.3, 0.4) is 0 Å². The highest BCUT2D eigenvalue weighted by Gasteiger charge is 2.58. The van der Waals surface area contributed by atoms with Gasteiger partial charge in [0, 0.05) is 24.0 Å². The van der Waals surface area contributed by atoms with E-state index in [0.29, 0.717) is 12.0 Å². The van der Waals surface area contributed by atoms with Crippen molar-refractivity contribution >= 4 is 18.3 Å². The summed E-state index contributed by atoms with van der Waals surface area (Å²) in [7, 11) is 0. The summed E-state index contributed by atoms with van der Waals surface area (Å²) in [5, 5.41) is 6.53. The number of carbonyl (C=O) groups is 1. The van der Waals surface area contributed by atoms with Gasteiger partial charge >= 0.3 is 0 Å². The summed E-state index contributed by atoms with van der Waals surface area (Å²) in [4.78, 5) is 12.2. The molecule has 3 aliphatic rings. The molecule has 3 rings (SSSR count). The lowest BCUT2D eigenvalue weighted by Crippen LogP contribution is -2.71. The molecule has 2 saturated heterocycles. The van der Waals surface area contributed by atoms with Crippen molar-refractivity contribution in [2.75, 3.05) is 13.2 Å². The third kappa shape index (κ3) is 2.50. The minimum absolute atomic E-state index is 0. The molecule has 0 bridgehead atoms. The molecule has 0 spiro atoms. The number of hydrogen-bond donors (Lipinski definition) is 2. The van der Waals surface area contributed by atoms with E-state index in [1.807, 2.05) is 0 Å². The fourth-order valence-electron chi connectivity index (χ4n) is 3.98. The van der Waals surface area contributed by atoms with Gasteiger partial charge in [0.15, 0.2) is 0 Å². The van der Waals surface area contributed by atoms with Crippen LogP contribution in [0.4, 0.5) is 0 Å². The van der Waals surface area contributed by atoms with Crippen LogP contribution < -0.4 is 10.6 Å². The molecular weight excluding hydrogens is 264 g/mol. The highest BCUT2D eigenvalue weighted by molar-refractivity contribution is 5.85. The van der Waals surface area contributed by atoms with E-state index in [9.17, 15) is 4.79 Å². The SMILES string of the molecule is CC1(C)C(NC(=O)C2CCCN2)C2CCCOC21.Cl. The fraction of sp³-hybridized carbons (Fsp3) is 0.929. The summed E-state index contributed by atoms with van der Waals surface area (Å²) in [6.45, 7) is 6.29. The predicted octanol–water partition coefficient (Wildman–Crippen LogP) is 1.48. The van der Waals surface area contributed by atoms with E-state index in [1.54, 1.807) is 0 Å². The zero-order valence-electron chi connectivity index (χ0n) is 11.8. The van der Waals surface area contributed by atoms with Crippen molar-refractivity contribution in [2.45, 2.75) is 57.7 Å². The molecule has 19 heavy (non-hydrogen) atoms.